The minimum Gasteiger partial charge on any atom is -0.476 e. The van der Waals surface area contributed by atoms with Gasteiger partial charge in [-0.25, -0.2) is 9.78 Å². The van der Waals surface area contributed by atoms with Crippen molar-refractivity contribution in [3.05, 3.63) is 17.8 Å². The molecule has 8 heteroatoms. The molecule has 18 heavy (non-hydrogen) atoms. The van der Waals surface area contributed by atoms with Crippen LogP contribution in [-0.2, 0) is 4.74 Å². The molecule has 2 aromatic heterocycles. The van der Waals surface area contributed by atoms with Crippen molar-refractivity contribution in [1.82, 2.24) is 20.1 Å². The van der Waals surface area contributed by atoms with Gasteiger partial charge < -0.3 is 19.4 Å². The van der Waals surface area contributed by atoms with Gasteiger partial charge in [0.25, 0.3) is 5.89 Å². The fraction of sp³-hybridized carbons (Fsp3) is 0.400. The lowest BCUT2D eigenvalue weighted by Gasteiger charge is -1.97. The van der Waals surface area contributed by atoms with Gasteiger partial charge in [-0.05, 0) is 6.42 Å². The molecule has 0 saturated carbocycles. The highest BCUT2D eigenvalue weighted by Gasteiger charge is 2.25. The van der Waals surface area contributed by atoms with Crippen LogP contribution in [0.4, 0.5) is 0 Å². The van der Waals surface area contributed by atoms with Crippen LogP contribution in [0.1, 0.15) is 28.7 Å². The van der Waals surface area contributed by atoms with E-state index in [9.17, 15) is 4.79 Å². The van der Waals surface area contributed by atoms with Crippen molar-refractivity contribution in [3.8, 4) is 11.6 Å². The molecule has 0 aromatic carbocycles. The first-order valence-electron chi connectivity index (χ1n) is 5.44. The van der Waals surface area contributed by atoms with Crippen molar-refractivity contribution in [1.29, 1.82) is 0 Å². The Labute approximate surface area is 101 Å². The van der Waals surface area contributed by atoms with E-state index in [0.29, 0.717) is 19.0 Å². The van der Waals surface area contributed by atoms with Gasteiger partial charge in [0.05, 0.1) is 12.9 Å². The Kier molecular flexibility index (Phi) is 2.56. The number of aromatic nitrogens is 4. The van der Waals surface area contributed by atoms with Gasteiger partial charge in [0, 0.05) is 12.5 Å². The molecule has 1 atom stereocenters. The first-order chi connectivity index (χ1) is 8.75. The van der Waals surface area contributed by atoms with Crippen LogP contribution < -0.4 is 0 Å². The standard InChI is InChI=1S/C10H10N4O4/c15-10(16)7-6(11-4-12-7)9-13-8(14-18-9)5-1-2-17-3-5/h4-5H,1-3H2,(H,11,12)(H,15,16). The van der Waals surface area contributed by atoms with Crippen molar-refractivity contribution in [3.63, 3.8) is 0 Å². The third-order valence-electron chi connectivity index (χ3n) is 2.79. The predicted molar refractivity (Wildman–Crippen MR) is 57.0 cm³/mol. The zero-order chi connectivity index (χ0) is 12.5. The fourth-order valence-corrected chi connectivity index (χ4v) is 1.86. The summed E-state index contributed by atoms with van der Waals surface area (Å²) in [5.41, 5.74) is 0.0908. The number of carboxylic acids is 1. The van der Waals surface area contributed by atoms with Crippen LogP contribution in [-0.4, -0.2) is 44.4 Å². The van der Waals surface area contributed by atoms with Gasteiger partial charge in [-0.3, -0.25) is 0 Å². The Morgan fingerprint density at radius 2 is 2.44 bits per heavy atom. The number of carboxylic acid groups (broad SMARTS) is 1. The highest BCUT2D eigenvalue weighted by molar-refractivity contribution is 5.91. The number of ether oxygens (including phenoxy) is 1. The van der Waals surface area contributed by atoms with Gasteiger partial charge in [-0.15, -0.1) is 0 Å². The summed E-state index contributed by atoms with van der Waals surface area (Å²) in [4.78, 5) is 21.5. The number of hydrogen-bond donors (Lipinski definition) is 2. The van der Waals surface area contributed by atoms with Crippen LogP contribution in [0, 0.1) is 0 Å². The monoisotopic (exact) mass is 250 g/mol. The molecule has 8 nitrogen and oxygen atoms in total. The van der Waals surface area contributed by atoms with Crippen molar-refractivity contribution in [2.24, 2.45) is 0 Å². The van der Waals surface area contributed by atoms with Crippen molar-refractivity contribution in [2.45, 2.75) is 12.3 Å². The Morgan fingerprint density at radius 3 is 3.17 bits per heavy atom. The number of nitrogens with zero attached hydrogens (tertiary/aromatic N) is 3. The van der Waals surface area contributed by atoms with E-state index in [2.05, 4.69) is 20.1 Å². The molecule has 3 rings (SSSR count). The van der Waals surface area contributed by atoms with Gasteiger partial charge >= 0.3 is 5.97 Å². The maximum absolute atomic E-state index is 10.9. The topological polar surface area (TPSA) is 114 Å². The minimum absolute atomic E-state index is 0.110. The summed E-state index contributed by atoms with van der Waals surface area (Å²) in [6.45, 7) is 1.24. The van der Waals surface area contributed by atoms with Gasteiger partial charge in [0.2, 0.25) is 0 Å². The molecule has 0 bridgehead atoms. The molecule has 0 spiro atoms. The van der Waals surface area contributed by atoms with E-state index in [1.54, 1.807) is 0 Å². The predicted octanol–water partition coefficient (Wildman–Crippen LogP) is 0.662. The van der Waals surface area contributed by atoms with E-state index in [1.165, 1.54) is 6.33 Å². The van der Waals surface area contributed by atoms with Crippen LogP contribution >= 0.6 is 0 Å². The van der Waals surface area contributed by atoms with E-state index >= 15 is 0 Å². The van der Waals surface area contributed by atoms with Crippen LogP contribution in [0.3, 0.4) is 0 Å². The molecule has 0 amide bonds. The number of H-pyrrole nitrogens is 1. The van der Waals surface area contributed by atoms with Crippen LogP contribution in [0.5, 0.6) is 0 Å². The molecule has 2 N–H and O–H groups in total. The largest absolute Gasteiger partial charge is 0.476 e. The molecule has 0 radical (unpaired) electrons. The zero-order valence-corrected chi connectivity index (χ0v) is 9.29. The second kappa shape index (κ2) is 4.22. The molecule has 1 saturated heterocycles. The molecule has 3 heterocycles. The number of rotatable bonds is 3. The fourth-order valence-electron chi connectivity index (χ4n) is 1.86. The van der Waals surface area contributed by atoms with Gasteiger partial charge in [-0.2, -0.15) is 4.98 Å². The highest BCUT2D eigenvalue weighted by atomic mass is 16.5. The molecule has 2 aromatic rings. The molecular formula is C10H10N4O4. The molecule has 1 fully saturated rings. The zero-order valence-electron chi connectivity index (χ0n) is 9.29. The van der Waals surface area contributed by atoms with Crippen molar-refractivity contribution in [2.75, 3.05) is 13.2 Å². The summed E-state index contributed by atoms with van der Waals surface area (Å²) in [6.07, 6.45) is 2.12. The third kappa shape index (κ3) is 1.76. The molecule has 94 valence electrons. The van der Waals surface area contributed by atoms with Gasteiger partial charge in [0.15, 0.2) is 11.5 Å². The van der Waals surface area contributed by atoms with Crippen LogP contribution in [0.15, 0.2) is 10.9 Å². The maximum Gasteiger partial charge on any atom is 0.356 e. The van der Waals surface area contributed by atoms with E-state index in [1.807, 2.05) is 0 Å². The summed E-state index contributed by atoms with van der Waals surface area (Å²) in [6, 6.07) is 0. The first-order valence-corrected chi connectivity index (χ1v) is 5.44. The SMILES string of the molecule is O=C(O)c1nc[nH]c1-c1nc(C2CCOC2)no1. The van der Waals surface area contributed by atoms with Gasteiger partial charge in [0.1, 0.15) is 5.69 Å². The smallest absolute Gasteiger partial charge is 0.356 e. The van der Waals surface area contributed by atoms with E-state index < -0.39 is 5.97 Å². The number of aromatic carboxylic acids is 1. The quantitative estimate of drug-likeness (QED) is 0.822. The summed E-state index contributed by atoms with van der Waals surface area (Å²) >= 11 is 0. The molecule has 1 unspecified atom stereocenters. The average molecular weight is 250 g/mol. The number of carbonyl (C=O) groups is 1. The summed E-state index contributed by atoms with van der Waals surface area (Å²) in [5.74, 6) is -0.367. The van der Waals surface area contributed by atoms with Crippen LogP contribution in [0.2, 0.25) is 0 Å². The normalized spacial score (nSPS) is 19.2. The Morgan fingerprint density at radius 1 is 1.56 bits per heavy atom. The second-order valence-electron chi connectivity index (χ2n) is 3.95. The average Bonchev–Trinajstić information content (AvgIpc) is 3.10. The maximum atomic E-state index is 10.9. The van der Waals surface area contributed by atoms with E-state index in [4.69, 9.17) is 14.4 Å². The molecular weight excluding hydrogens is 240 g/mol. The lowest BCUT2D eigenvalue weighted by molar-refractivity contribution is 0.0691. The number of nitrogens with one attached hydrogen (secondary N) is 1. The number of hydrogen-bond acceptors (Lipinski definition) is 6. The van der Waals surface area contributed by atoms with Gasteiger partial charge in [-0.1, -0.05) is 5.16 Å². The number of aromatic amines is 1. The summed E-state index contributed by atoms with van der Waals surface area (Å²) in [7, 11) is 0. The summed E-state index contributed by atoms with van der Waals surface area (Å²) < 4.78 is 10.3. The lowest BCUT2D eigenvalue weighted by Crippen LogP contribution is -2.01. The molecule has 1 aliphatic rings. The van der Waals surface area contributed by atoms with E-state index in [0.717, 1.165) is 6.42 Å². The minimum atomic E-state index is -1.14. The Balaban J connectivity index is 1.92. The van der Waals surface area contributed by atoms with Crippen LogP contribution in [0.25, 0.3) is 11.6 Å². The third-order valence-corrected chi connectivity index (χ3v) is 2.79. The number of imidazole rings is 1. The van der Waals surface area contributed by atoms with Crippen molar-refractivity contribution >= 4 is 5.97 Å². The molecule has 1 aliphatic heterocycles. The summed E-state index contributed by atoms with van der Waals surface area (Å²) in [5, 5.41) is 12.8. The van der Waals surface area contributed by atoms with E-state index in [-0.39, 0.29) is 23.2 Å². The second-order valence-corrected chi connectivity index (χ2v) is 3.95. The van der Waals surface area contributed by atoms with Crippen molar-refractivity contribution < 1.29 is 19.2 Å². The lowest BCUT2D eigenvalue weighted by atomic mass is 10.1. The Bertz CT molecular complexity index is 570. The first kappa shape index (κ1) is 10.9. The highest BCUT2D eigenvalue weighted by Crippen LogP contribution is 2.25. The Hall–Kier alpha value is -2.22. The molecule has 0 aliphatic carbocycles.